The highest BCUT2D eigenvalue weighted by molar-refractivity contribution is 5.92. The van der Waals surface area contributed by atoms with E-state index in [0.717, 1.165) is 42.5 Å². The highest BCUT2D eigenvalue weighted by atomic mass is 16.3. The number of β-amino-alcohol motifs (C(OH)–C–C–N with tert-alkyl or cyclic N) is 1. The Kier molecular flexibility index (Phi) is 6.64. The van der Waals surface area contributed by atoms with Crippen molar-refractivity contribution >= 4 is 11.8 Å². The van der Waals surface area contributed by atoms with Gasteiger partial charge in [0.1, 0.15) is 11.2 Å². The van der Waals surface area contributed by atoms with Crippen LogP contribution in [0, 0.1) is 0 Å². The van der Waals surface area contributed by atoms with E-state index in [1.165, 1.54) is 24.2 Å². The molecule has 3 heterocycles. The summed E-state index contributed by atoms with van der Waals surface area (Å²) in [5.41, 5.74) is 2.97. The zero-order valence-electron chi connectivity index (χ0n) is 20.8. The van der Waals surface area contributed by atoms with Gasteiger partial charge >= 0.3 is 0 Å². The topological polar surface area (TPSA) is 77.0 Å². The lowest BCUT2D eigenvalue weighted by molar-refractivity contribution is -0.139. The van der Waals surface area contributed by atoms with E-state index >= 15 is 0 Å². The van der Waals surface area contributed by atoms with Crippen molar-refractivity contribution in [2.45, 2.75) is 69.2 Å². The summed E-state index contributed by atoms with van der Waals surface area (Å²) in [6, 6.07) is 12.3. The Morgan fingerprint density at radius 2 is 1.80 bits per heavy atom. The van der Waals surface area contributed by atoms with Gasteiger partial charge in [-0.3, -0.25) is 19.5 Å². The molecule has 2 saturated heterocycles. The van der Waals surface area contributed by atoms with Gasteiger partial charge in [-0.1, -0.05) is 49.6 Å². The summed E-state index contributed by atoms with van der Waals surface area (Å²) in [6.45, 7) is 2.00. The Balaban J connectivity index is 1.29. The highest BCUT2D eigenvalue weighted by Gasteiger charge is 2.56. The smallest absolute Gasteiger partial charge is 0.271 e. The van der Waals surface area contributed by atoms with Crippen LogP contribution in [0.15, 0.2) is 42.6 Å². The van der Waals surface area contributed by atoms with E-state index in [1.54, 1.807) is 26.4 Å². The van der Waals surface area contributed by atoms with Gasteiger partial charge in [0.15, 0.2) is 0 Å². The second kappa shape index (κ2) is 9.70. The summed E-state index contributed by atoms with van der Waals surface area (Å²) >= 11 is 0. The minimum Gasteiger partial charge on any atom is -0.392 e. The van der Waals surface area contributed by atoms with Crippen LogP contribution in [0.2, 0.25) is 0 Å². The van der Waals surface area contributed by atoms with Crippen LogP contribution < -0.4 is 0 Å². The van der Waals surface area contributed by atoms with Gasteiger partial charge in [0, 0.05) is 58.0 Å². The summed E-state index contributed by atoms with van der Waals surface area (Å²) in [5.74, 6) is 0.119. The summed E-state index contributed by atoms with van der Waals surface area (Å²) in [7, 11) is 3.43. The molecule has 1 aliphatic carbocycles. The van der Waals surface area contributed by atoms with Crippen LogP contribution >= 0.6 is 0 Å². The number of carbonyl (C=O) groups is 2. The van der Waals surface area contributed by atoms with Gasteiger partial charge in [-0.05, 0) is 36.5 Å². The molecule has 2 amide bonds. The maximum Gasteiger partial charge on any atom is 0.271 e. The predicted octanol–water partition coefficient (Wildman–Crippen LogP) is 3.32. The molecule has 1 aromatic carbocycles. The van der Waals surface area contributed by atoms with Crippen LogP contribution in [0.25, 0.3) is 11.1 Å². The fourth-order valence-electron chi connectivity index (χ4n) is 6.18. The van der Waals surface area contributed by atoms with Crippen molar-refractivity contribution in [1.29, 1.82) is 0 Å². The minimum absolute atomic E-state index is 0.114. The molecule has 2 aliphatic heterocycles. The van der Waals surface area contributed by atoms with Crippen molar-refractivity contribution in [3.8, 4) is 11.1 Å². The van der Waals surface area contributed by atoms with E-state index in [4.69, 9.17) is 0 Å². The molecule has 2 unspecified atom stereocenters. The summed E-state index contributed by atoms with van der Waals surface area (Å²) in [4.78, 5) is 35.9. The normalized spacial score (nSPS) is 25.5. The molecule has 7 nitrogen and oxygen atoms in total. The van der Waals surface area contributed by atoms with Gasteiger partial charge in [-0.25, -0.2) is 0 Å². The molecule has 1 spiro atoms. The number of carbonyl (C=O) groups excluding carboxylic acids is 2. The molecule has 5 rings (SSSR count). The SMILES string of the molecule is CN(C)C(=O)c1ccc(-c2ccc(CN3CC(O)CC34CCN(C3CCCCC3)C4=O)cc2)cn1. The molecular weight excluding hydrogens is 440 g/mol. The average Bonchev–Trinajstić information content (AvgIpc) is 3.37. The van der Waals surface area contributed by atoms with E-state index in [-0.39, 0.29) is 11.8 Å². The zero-order chi connectivity index (χ0) is 24.6. The predicted molar refractivity (Wildman–Crippen MR) is 135 cm³/mol. The number of amides is 2. The van der Waals surface area contributed by atoms with Crippen LogP contribution in [-0.4, -0.2) is 81.5 Å². The van der Waals surface area contributed by atoms with Crippen molar-refractivity contribution in [3.05, 3.63) is 53.9 Å². The highest BCUT2D eigenvalue weighted by Crippen LogP contribution is 2.42. The first-order chi connectivity index (χ1) is 16.9. The van der Waals surface area contributed by atoms with Gasteiger partial charge in [0.05, 0.1) is 6.10 Å². The molecule has 1 N–H and O–H groups in total. The van der Waals surface area contributed by atoms with Crippen molar-refractivity contribution in [2.24, 2.45) is 0 Å². The summed E-state index contributed by atoms with van der Waals surface area (Å²) in [6.07, 6.45) is 8.55. The Bertz CT molecular complexity index is 1060. The number of rotatable bonds is 5. The third kappa shape index (κ3) is 4.59. The number of aliphatic hydroxyl groups excluding tert-OH is 1. The van der Waals surface area contributed by atoms with E-state index in [0.29, 0.717) is 31.2 Å². The quantitative estimate of drug-likeness (QED) is 0.717. The molecule has 1 aromatic heterocycles. The first-order valence-electron chi connectivity index (χ1n) is 12.9. The maximum atomic E-state index is 13.7. The average molecular weight is 477 g/mol. The van der Waals surface area contributed by atoms with E-state index in [9.17, 15) is 14.7 Å². The Morgan fingerprint density at radius 3 is 2.46 bits per heavy atom. The molecular formula is C28H36N4O3. The van der Waals surface area contributed by atoms with Crippen LogP contribution in [0.5, 0.6) is 0 Å². The Labute approximate surface area is 207 Å². The zero-order valence-corrected chi connectivity index (χ0v) is 20.8. The number of pyridine rings is 1. The first-order valence-corrected chi connectivity index (χ1v) is 12.9. The lowest BCUT2D eigenvalue weighted by Gasteiger charge is -2.36. The van der Waals surface area contributed by atoms with Gasteiger partial charge < -0.3 is 14.9 Å². The van der Waals surface area contributed by atoms with E-state index in [1.807, 2.05) is 6.07 Å². The standard InChI is InChI=1S/C28H36N4O3/c1-30(2)26(34)25-13-12-22(17-29-25)21-10-8-20(9-11-21)18-31-19-24(33)16-28(31)14-15-32(27(28)35)23-6-4-3-5-7-23/h8-13,17,23-24,33H,3-7,14-16,18-19H2,1-2H3. The number of aromatic nitrogens is 1. The molecule has 2 aromatic rings. The van der Waals surface area contributed by atoms with E-state index in [2.05, 4.69) is 39.0 Å². The summed E-state index contributed by atoms with van der Waals surface area (Å²) in [5, 5.41) is 10.6. The van der Waals surface area contributed by atoms with Gasteiger partial charge in [0.25, 0.3) is 5.91 Å². The second-order valence-electron chi connectivity index (χ2n) is 10.6. The van der Waals surface area contributed by atoms with Crippen LogP contribution in [0.3, 0.4) is 0 Å². The van der Waals surface area contributed by atoms with Crippen molar-refractivity contribution in [1.82, 2.24) is 19.7 Å². The molecule has 7 heteroatoms. The van der Waals surface area contributed by atoms with Crippen molar-refractivity contribution in [3.63, 3.8) is 0 Å². The minimum atomic E-state index is -0.561. The second-order valence-corrected chi connectivity index (χ2v) is 10.6. The van der Waals surface area contributed by atoms with Gasteiger partial charge in [-0.2, -0.15) is 0 Å². The Morgan fingerprint density at radius 1 is 1.09 bits per heavy atom. The lowest BCUT2D eigenvalue weighted by Crippen LogP contribution is -2.51. The fraction of sp³-hybridized carbons (Fsp3) is 0.536. The summed E-state index contributed by atoms with van der Waals surface area (Å²) < 4.78 is 0. The van der Waals surface area contributed by atoms with Crippen LogP contribution in [0.1, 0.15) is 61.0 Å². The molecule has 3 aliphatic rings. The molecule has 1 saturated carbocycles. The Hall–Kier alpha value is -2.77. The van der Waals surface area contributed by atoms with Gasteiger partial charge in [0.2, 0.25) is 5.91 Å². The third-order valence-corrected chi connectivity index (χ3v) is 8.10. The number of hydrogen-bond donors (Lipinski definition) is 1. The molecule has 0 bridgehead atoms. The molecule has 3 fully saturated rings. The third-order valence-electron chi connectivity index (χ3n) is 8.10. The number of likely N-dealkylation sites (tertiary alicyclic amines) is 2. The largest absolute Gasteiger partial charge is 0.392 e. The lowest BCUT2D eigenvalue weighted by atomic mass is 9.91. The monoisotopic (exact) mass is 476 g/mol. The van der Waals surface area contributed by atoms with Crippen molar-refractivity contribution in [2.75, 3.05) is 27.2 Å². The first kappa shape index (κ1) is 23.9. The molecule has 35 heavy (non-hydrogen) atoms. The number of aliphatic hydroxyl groups is 1. The van der Waals surface area contributed by atoms with Gasteiger partial charge in [-0.15, -0.1) is 0 Å². The number of hydrogen-bond acceptors (Lipinski definition) is 5. The number of benzene rings is 1. The van der Waals surface area contributed by atoms with Crippen molar-refractivity contribution < 1.29 is 14.7 Å². The van der Waals surface area contributed by atoms with Crippen LogP contribution in [-0.2, 0) is 11.3 Å². The van der Waals surface area contributed by atoms with E-state index < -0.39 is 11.6 Å². The molecule has 186 valence electrons. The molecule has 0 radical (unpaired) electrons. The fourth-order valence-corrected chi connectivity index (χ4v) is 6.18. The maximum absolute atomic E-state index is 13.7. The number of nitrogens with zero attached hydrogens (tertiary/aromatic N) is 4. The van der Waals surface area contributed by atoms with Crippen LogP contribution in [0.4, 0.5) is 0 Å². The molecule has 2 atom stereocenters.